The molecule has 2 heterocycles. The van der Waals surface area contributed by atoms with Gasteiger partial charge in [0.2, 0.25) is 0 Å². The minimum Gasteiger partial charge on any atom is -0.254 e. The first kappa shape index (κ1) is 14.8. The molecular formula is C23H22N2. The molecule has 2 unspecified atom stereocenters. The molecule has 2 aromatic heterocycles. The summed E-state index contributed by atoms with van der Waals surface area (Å²) in [4.78, 5) is 9.63. The molecule has 124 valence electrons. The van der Waals surface area contributed by atoms with Crippen molar-refractivity contribution in [2.75, 3.05) is 0 Å². The first-order valence-corrected chi connectivity index (χ1v) is 9.14. The molecule has 2 atom stereocenters. The van der Waals surface area contributed by atoms with E-state index in [1.54, 1.807) is 0 Å². The lowest BCUT2D eigenvalue weighted by molar-refractivity contribution is 0.0183. The third kappa shape index (κ3) is 2.24. The molecule has 1 aromatic carbocycles. The van der Waals surface area contributed by atoms with Crippen LogP contribution in [-0.4, -0.2) is 9.97 Å². The molecule has 2 heteroatoms. The Morgan fingerprint density at radius 1 is 0.920 bits per heavy atom. The van der Waals surface area contributed by atoms with Crippen LogP contribution in [0.4, 0.5) is 0 Å². The largest absolute Gasteiger partial charge is 0.254 e. The Morgan fingerprint density at radius 3 is 2.52 bits per heavy atom. The lowest BCUT2D eigenvalue weighted by atomic mass is 9.47. The van der Waals surface area contributed by atoms with Crippen LogP contribution in [0.15, 0.2) is 60.8 Å². The number of hydrogen-bond donors (Lipinski definition) is 0. The molecule has 2 nitrogen and oxygen atoms in total. The summed E-state index contributed by atoms with van der Waals surface area (Å²) in [5, 5.41) is 0. The molecule has 0 aliphatic heterocycles. The van der Waals surface area contributed by atoms with Gasteiger partial charge >= 0.3 is 0 Å². The maximum Gasteiger partial charge on any atom is 0.0893 e. The minimum atomic E-state index is 0.446. The van der Waals surface area contributed by atoms with Crippen molar-refractivity contribution in [1.82, 2.24) is 9.97 Å². The minimum absolute atomic E-state index is 0.446. The normalized spacial score (nSPS) is 22.8. The molecule has 0 amide bonds. The molecule has 2 bridgehead atoms. The number of pyridine rings is 2. The van der Waals surface area contributed by atoms with Gasteiger partial charge in [0.25, 0.3) is 0 Å². The van der Waals surface area contributed by atoms with Gasteiger partial charge in [-0.05, 0) is 59.4 Å². The molecule has 1 saturated carbocycles. The van der Waals surface area contributed by atoms with Crippen molar-refractivity contribution >= 4 is 0 Å². The average molecular weight is 326 g/mol. The highest BCUT2D eigenvalue weighted by atomic mass is 14.8. The SMILES string of the molecule is CC1(C)C2Cc3cc(-c4cccc(-c5ccccc5)n4)ncc3C1C2. The lowest BCUT2D eigenvalue weighted by Gasteiger charge is -2.57. The smallest absolute Gasteiger partial charge is 0.0893 e. The molecule has 3 aromatic rings. The van der Waals surface area contributed by atoms with Crippen molar-refractivity contribution < 1.29 is 0 Å². The summed E-state index contributed by atoms with van der Waals surface area (Å²) in [5.41, 5.74) is 7.50. The van der Waals surface area contributed by atoms with E-state index < -0.39 is 0 Å². The molecule has 0 radical (unpaired) electrons. The average Bonchev–Trinajstić information content (AvgIpc) is 2.67. The highest BCUT2D eigenvalue weighted by Gasteiger charge is 2.52. The van der Waals surface area contributed by atoms with Gasteiger partial charge in [0, 0.05) is 11.8 Å². The van der Waals surface area contributed by atoms with Gasteiger partial charge in [-0.15, -0.1) is 0 Å². The highest BCUT2D eigenvalue weighted by molar-refractivity contribution is 5.65. The first-order valence-electron chi connectivity index (χ1n) is 9.14. The second-order valence-corrected chi connectivity index (χ2v) is 8.05. The fraction of sp³-hybridized carbons (Fsp3) is 0.304. The van der Waals surface area contributed by atoms with E-state index in [4.69, 9.17) is 9.97 Å². The highest BCUT2D eigenvalue weighted by Crippen LogP contribution is 2.62. The van der Waals surface area contributed by atoms with Crippen molar-refractivity contribution in [3.8, 4) is 22.6 Å². The third-order valence-electron chi connectivity index (χ3n) is 6.42. The zero-order valence-corrected chi connectivity index (χ0v) is 14.7. The summed E-state index contributed by atoms with van der Waals surface area (Å²) in [7, 11) is 0. The summed E-state index contributed by atoms with van der Waals surface area (Å²) in [6.45, 7) is 4.82. The fourth-order valence-electron chi connectivity index (χ4n) is 4.64. The maximum absolute atomic E-state index is 4.86. The molecule has 0 saturated heterocycles. The van der Waals surface area contributed by atoms with Crippen LogP contribution < -0.4 is 0 Å². The van der Waals surface area contributed by atoms with E-state index >= 15 is 0 Å². The van der Waals surface area contributed by atoms with Crippen LogP contribution in [0.2, 0.25) is 0 Å². The predicted molar refractivity (Wildman–Crippen MR) is 101 cm³/mol. The monoisotopic (exact) mass is 326 g/mol. The molecule has 0 N–H and O–H groups in total. The maximum atomic E-state index is 4.86. The summed E-state index contributed by atoms with van der Waals surface area (Å²) in [6.07, 6.45) is 4.64. The van der Waals surface area contributed by atoms with Crippen LogP contribution in [0.3, 0.4) is 0 Å². The van der Waals surface area contributed by atoms with Gasteiger partial charge in [-0.3, -0.25) is 4.98 Å². The number of benzene rings is 1. The standard InChI is InChI=1S/C23H22N2/c1-23(2)17-11-16-12-22(24-14-18(16)19(23)13-17)21-10-6-9-20(25-21)15-7-4-3-5-8-15/h3-10,12,14,17,19H,11,13H2,1-2H3. The molecule has 1 fully saturated rings. The zero-order valence-electron chi connectivity index (χ0n) is 14.7. The van der Waals surface area contributed by atoms with Gasteiger partial charge in [-0.1, -0.05) is 50.2 Å². The van der Waals surface area contributed by atoms with Crippen LogP contribution in [0.1, 0.15) is 37.3 Å². The number of rotatable bonds is 2. The van der Waals surface area contributed by atoms with Crippen LogP contribution >= 0.6 is 0 Å². The predicted octanol–water partition coefficient (Wildman–Crippen LogP) is 5.50. The number of hydrogen-bond acceptors (Lipinski definition) is 2. The van der Waals surface area contributed by atoms with Gasteiger partial charge in [-0.2, -0.15) is 0 Å². The van der Waals surface area contributed by atoms with Gasteiger partial charge in [0.15, 0.2) is 0 Å². The quantitative estimate of drug-likeness (QED) is 0.622. The first-order chi connectivity index (χ1) is 12.1. The molecule has 0 spiro atoms. The van der Waals surface area contributed by atoms with E-state index in [9.17, 15) is 0 Å². The molecule has 3 aliphatic rings. The van der Waals surface area contributed by atoms with Crippen LogP contribution in [-0.2, 0) is 6.42 Å². The number of aromatic nitrogens is 2. The van der Waals surface area contributed by atoms with Crippen molar-refractivity contribution in [2.24, 2.45) is 11.3 Å². The zero-order chi connectivity index (χ0) is 17.0. The van der Waals surface area contributed by atoms with Crippen molar-refractivity contribution in [1.29, 1.82) is 0 Å². The van der Waals surface area contributed by atoms with E-state index in [0.717, 1.165) is 28.6 Å². The Bertz CT molecular complexity index is 943. The third-order valence-corrected chi connectivity index (χ3v) is 6.42. The topological polar surface area (TPSA) is 25.8 Å². The van der Waals surface area contributed by atoms with Gasteiger partial charge < -0.3 is 0 Å². The van der Waals surface area contributed by atoms with Crippen molar-refractivity contribution in [2.45, 2.75) is 32.6 Å². The molecular weight excluding hydrogens is 304 g/mol. The van der Waals surface area contributed by atoms with Crippen LogP contribution in [0.25, 0.3) is 22.6 Å². The van der Waals surface area contributed by atoms with E-state index in [1.807, 2.05) is 6.07 Å². The summed E-state index contributed by atoms with van der Waals surface area (Å²) in [5.74, 6) is 1.51. The second kappa shape index (κ2) is 5.26. The molecule has 6 rings (SSSR count). The Balaban J connectivity index is 1.53. The van der Waals surface area contributed by atoms with Crippen molar-refractivity contribution in [3.05, 3.63) is 71.9 Å². The van der Waals surface area contributed by atoms with Crippen molar-refractivity contribution in [3.63, 3.8) is 0 Å². The van der Waals surface area contributed by atoms with E-state index in [0.29, 0.717) is 11.3 Å². The Hall–Kier alpha value is -2.48. The second-order valence-electron chi connectivity index (χ2n) is 8.05. The lowest BCUT2D eigenvalue weighted by Crippen LogP contribution is -2.48. The summed E-state index contributed by atoms with van der Waals surface area (Å²) in [6, 6.07) is 18.8. The van der Waals surface area contributed by atoms with Crippen LogP contribution in [0, 0.1) is 11.3 Å². The Kier molecular flexibility index (Phi) is 3.12. The van der Waals surface area contributed by atoms with E-state index in [-0.39, 0.29) is 0 Å². The Labute approximate surface area is 149 Å². The van der Waals surface area contributed by atoms with Crippen LogP contribution in [0.5, 0.6) is 0 Å². The molecule has 3 aliphatic carbocycles. The Morgan fingerprint density at radius 2 is 1.72 bits per heavy atom. The molecule has 25 heavy (non-hydrogen) atoms. The summed E-state index contributed by atoms with van der Waals surface area (Å²) >= 11 is 0. The van der Waals surface area contributed by atoms with Gasteiger partial charge in [-0.25, -0.2) is 4.98 Å². The fourth-order valence-corrected chi connectivity index (χ4v) is 4.64. The summed E-state index contributed by atoms with van der Waals surface area (Å²) < 4.78 is 0. The van der Waals surface area contributed by atoms with Gasteiger partial charge in [0.1, 0.15) is 0 Å². The van der Waals surface area contributed by atoms with E-state index in [2.05, 4.69) is 68.6 Å². The van der Waals surface area contributed by atoms with Gasteiger partial charge in [0.05, 0.1) is 17.1 Å². The van der Waals surface area contributed by atoms with E-state index in [1.165, 1.54) is 24.0 Å². The number of nitrogens with zero attached hydrogens (tertiary/aromatic N) is 2.